The first-order chi connectivity index (χ1) is 8.45. The van der Waals surface area contributed by atoms with Crippen molar-refractivity contribution in [2.75, 3.05) is 12.3 Å². The molecule has 1 amide bonds. The van der Waals surface area contributed by atoms with Crippen LogP contribution in [0.3, 0.4) is 0 Å². The van der Waals surface area contributed by atoms with Crippen LogP contribution in [-0.2, 0) is 9.53 Å². The number of ether oxygens (including phenoxy) is 1. The van der Waals surface area contributed by atoms with Crippen LogP contribution in [0.15, 0.2) is 18.2 Å². The van der Waals surface area contributed by atoms with E-state index in [0.717, 1.165) is 6.07 Å². The van der Waals surface area contributed by atoms with Gasteiger partial charge in [-0.05, 0) is 32.0 Å². The number of nitrogens with one attached hydrogen (secondary N) is 1. The van der Waals surface area contributed by atoms with E-state index in [2.05, 4.69) is 5.32 Å². The van der Waals surface area contributed by atoms with Gasteiger partial charge in [0.05, 0.1) is 11.3 Å². The van der Waals surface area contributed by atoms with Gasteiger partial charge in [0, 0.05) is 6.54 Å². The van der Waals surface area contributed by atoms with Gasteiger partial charge in [-0.3, -0.25) is 4.79 Å². The summed E-state index contributed by atoms with van der Waals surface area (Å²) >= 11 is 0. The van der Waals surface area contributed by atoms with Gasteiger partial charge < -0.3 is 15.8 Å². The van der Waals surface area contributed by atoms with Crippen molar-refractivity contribution in [2.24, 2.45) is 0 Å². The van der Waals surface area contributed by atoms with Gasteiger partial charge in [-0.1, -0.05) is 0 Å². The second kappa shape index (κ2) is 6.00. The van der Waals surface area contributed by atoms with Crippen molar-refractivity contribution in [3.63, 3.8) is 0 Å². The summed E-state index contributed by atoms with van der Waals surface area (Å²) in [5.41, 5.74) is 5.25. The summed E-state index contributed by atoms with van der Waals surface area (Å²) in [6.45, 7) is 3.63. The minimum Gasteiger partial charge on any atom is -0.449 e. The standard InChI is InChI=1S/C12H15FN2O3/c1-3-15-11(16)7(2)18-12(17)8-4-5-10(14)9(13)6-8/h4-7H,3,14H2,1-2H3,(H,15,16). The first kappa shape index (κ1) is 14.0. The molecule has 0 aliphatic heterocycles. The number of carbonyl (C=O) groups is 2. The Balaban J connectivity index is 2.70. The zero-order chi connectivity index (χ0) is 13.7. The zero-order valence-corrected chi connectivity index (χ0v) is 10.2. The Morgan fingerprint density at radius 2 is 2.17 bits per heavy atom. The molecule has 0 saturated heterocycles. The number of esters is 1. The van der Waals surface area contributed by atoms with E-state index in [1.807, 2.05) is 0 Å². The zero-order valence-electron chi connectivity index (χ0n) is 10.2. The number of nitrogen functional groups attached to an aromatic ring is 1. The molecule has 1 atom stereocenters. The number of nitrogens with two attached hydrogens (primary N) is 1. The molecule has 0 saturated carbocycles. The first-order valence-electron chi connectivity index (χ1n) is 5.49. The van der Waals surface area contributed by atoms with Crippen LogP contribution in [-0.4, -0.2) is 24.5 Å². The van der Waals surface area contributed by atoms with E-state index in [4.69, 9.17) is 10.5 Å². The lowest BCUT2D eigenvalue weighted by Crippen LogP contribution is -2.35. The van der Waals surface area contributed by atoms with E-state index in [1.165, 1.54) is 19.1 Å². The topological polar surface area (TPSA) is 81.4 Å². The Morgan fingerprint density at radius 1 is 1.50 bits per heavy atom. The lowest BCUT2D eigenvalue weighted by molar-refractivity contribution is -0.128. The summed E-state index contributed by atoms with van der Waals surface area (Å²) < 4.78 is 18.0. The molecule has 0 heterocycles. The highest BCUT2D eigenvalue weighted by Crippen LogP contribution is 2.13. The van der Waals surface area contributed by atoms with Crippen LogP contribution in [0.1, 0.15) is 24.2 Å². The third-order valence-electron chi connectivity index (χ3n) is 2.24. The fourth-order valence-electron chi connectivity index (χ4n) is 1.25. The maximum atomic E-state index is 13.1. The normalized spacial score (nSPS) is 11.7. The molecule has 98 valence electrons. The van der Waals surface area contributed by atoms with Crippen molar-refractivity contribution in [1.82, 2.24) is 5.32 Å². The average Bonchev–Trinajstić information content (AvgIpc) is 2.32. The summed E-state index contributed by atoms with van der Waals surface area (Å²) in [4.78, 5) is 23.0. The number of hydrogen-bond acceptors (Lipinski definition) is 4. The molecular formula is C12H15FN2O3. The molecule has 0 radical (unpaired) electrons. The van der Waals surface area contributed by atoms with Gasteiger partial charge >= 0.3 is 5.97 Å². The summed E-state index contributed by atoms with van der Waals surface area (Å²) in [6, 6.07) is 3.58. The van der Waals surface area contributed by atoms with E-state index >= 15 is 0 Å². The lowest BCUT2D eigenvalue weighted by Gasteiger charge is -2.12. The molecule has 1 unspecified atom stereocenters. The highest BCUT2D eigenvalue weighted by atomic mass is 19.1. The minimum absolute atomic E-state index is 0.0119. The third-order valence-corrected chi connectivity index (χ3v) is 2.24. The van der Waals surface area contributed by atoms with Crippen LogP contribution in [0.4, 0.5) is 10.1 Å². The van der Waals surface area contributed by atoms with Crippen LogP contribution in [0.25, 0.3) is 0 Å². The molecule has 0 fully saturated rings. The molecule has 1 aromatic rings. The monoisotopic (exact) mass is 254 g/mol. The van der Waals surface area contributed by atoms with Crippen molar-refractivity contribution >= 4 is 17.6 Å². The van der Waals surface area contributed by atoms with Gasteiger partial charge in [0.15, 0.2) is 6.10 Å². The smallest absolute Gasteiger partial charge is 0.339 e. The van der Waals surface area contributed by atoms with Crippen molar-refractivity contribution in [3.8, 4) is 0 Å². The van der Waals surface area contributed by atoms with Gasteiger partial charge in [-0.2, -0.15) is 0 Å². The van der Waals surface area contributed by atoms with E-state index in [-0.39, 0.29) is 11.3 Å². The predicted octanol–water partition coefficient (Wildman–Crippen LogP) is 1.09. The predicted molar refractivity (Wildman–Crippen MR) is 64.4 cm³/mol. The Hall–Kier alpha value is -2.11. The van der Waals surface area contributed by atoms with E-state index in [1.54, 1.807) is 6.92 Å². The fourth-order valence-corrected chi connectivity index (χ4v) is 1.25. The molecule has 5 nitrogen and oxygen atoms in total. The van der Waals surface area contributed by atoms with Crippen molar-refractivity contribution in [1.29, 1.82) is 0 Å². The molecule has 0 aromatic heterocycles. The molecule has 3 N–H and O–H groups in total. The summed E-state index contributed by atoms with van der Waals surface area (Å²) in [5.74, 6) is -1.87. The van der Waals surface area contributed by atoms with Gasteiger partial charge in [0.25, 0.3) is 5.91 Å². The number of halogens is 1. The molecule has 1 rings (SSSR count). The Morgan fingerprint density at radius 3 is 2.72 bits per heavy atom. The SMILES string of the molecule is CCNC(=O)C(C)OC(=O)c1ccc(N)c(F)c1. The Labute approximate surface area is 104 Å². The number of hydrogen-bond donors (Lipinski definition) is 2. The molecule has 6 heteroatoms. The molecule has 0 aliphatic rings. The lowest BCUT2D eigenvalue weighted by atomic mass is 10.2. The van der Waals surface area contributed by atoms with Crippen LogP contribution >= 0.6 is 0 Å². The number of likely N-dealkylation sites (N-methyl/N-ethyl adjacent to an activating group) is 1. The van der Waals surface area contributed by atoms with Gasteiger partial charge in [0.1, 0.15) is 5.82 Å². The molecule has 0 aliphatic carbocycles. The Bertz CT molecular complexity index is 463. The fraction of sp³-hybridized carbons (Fsp3) is 0.333. The minimum atomic E-state index is -0.932. The second-order valence-electron chi connectivity index (χ2n) is 3.68. The van der Waals surface area contributed by atoms with Crippen LogP contribution < -0.4 is 11.1 Å². The number of anilines is 1. The molecule has 1 aromatic carbocycles. The van der Waals surface area contributed by atoms with Crippen molar-refractivity contribution in [2.45, 2.75) is 20.0 Å². The maximum Gasteiger partial charge on any atom is 0.339 e. The van der Waals surface area contributed by atoms with Gasteiger partial charge in [-0.25, -0.2) is 9.18 Å². The quantitative estimate of drug-likeness (QED) is 0.622. The maximum absolute atomic E-state index is 13.1. The molecular weight excluding hydrogens is 239 g/mol. The van der Waals surface area contributed by atoms with Crippen molar-refractivity contribution < 1.29 is 18.7 Å². The third kappa shape index (κ3) is 3.44. The molecule has 18 heavy (non-hydrogen) atoms. The first-order valence-corrected chi connectivity index (χ1v) is 5.49. The second-order valence-corrected chi connectivity index (χ2v) is 3.68. The Kier molecular flexibility index (Phi) is 4.65. The van der Waals surface area contributed by atoms with Crippen LogP contribution in [0.2, 0.25) is 0 Å². The summed E-state index contributed by atoms with van der Waals surface area (Å²) in [6.07, 6.45) is -0.932. The van der Waals surface area contributed by atoms with E-state index in [0.29, 0.717) is 6.54 Å². The van der Waals surface area contributed by atoms with Gasteiger partial charge in [-0.15, -0.1) is 0 Å². The molecule has 0 bridgehead atoms. The number of carbonyl (C=O) groups excluding carboxylic acids is 2. The summed E-state index contributed by atoms with van der Waals surface area (Å²) in [7, 11) is 0. The molecule has 0 spiro atoms. The highest BCUT2D eigenvalue weighted by molar-refractivity contribution is 5.92. The highest BCUT2D eigenvalue weighted by Gasteiger charge is 2.18. The largest absolute Gasteiger partial charge is 0.449 e. The summed E-state index contributed by atoms with van der Waals surface area (Å²) in [5, 5.41) is 2.51. The average molecular weight is 254 g/mol. The van der Waals surface area contributed by atoms with Crippen LogP contribution in [0, 0.1) is 5.82 Å². The van der Waals surface area contributed by atoms with E-state index < -0.39 is 23.8 Å². The number of benzene rings is 1. The van der Waals surface area contributed by atoms with Crippen molar-refractivity contribution in [3.05, 3.63) is 29.6 Å². The van der Waals surface area contributed by atoms with Gasteiger partial charge in [0.2, 0.25) is 0 Å². The number of rotatable bonds is 4. The van der Waals surface area contributed by atoms with E-state index in [9.17, 15) is 14.0 Å². The number of amides is 1. The van der Waals surface area contributed by atoms with Crippen LogP contribution in [0.5, 0.6) is 0 Å².